The van der Waals surface area contributed by atoms with E-state index in [2.05, 4.69) is 56.3 Å². The van der Waals surface area contributed by atoms with E-state index in [1.807, 2.05) is 0 Å². The number of nitrogens with two attached hydrogens (primary N) is 1. The molecule has 104 valence electrons. The molecule has 0 aliphatic heterocycles. The zero-order valence-corrected chi connectivity index (χ0v) is 12.4. The first-order valence-electron chi connectivity index (χ1n) is 7.53. The topological polar surface area (TPSA) is 26.0 Å². The average Bonchev–Trinajstić information content (AvgIpc) is 2.40. The Morgan fingerprint density at radius 3 is 2.65 bits per heavy atom. The van der Waals surface area contributed by atoms with Crippen LogP contribution < -0.4 is 5.73 Å². The van der Waals surface area contributed by atoms with Crippen molar-refractivity contribution in [2.75, 3.05) is 0 Å². The monoisotopic (exact) mass is 265 g/mol. The van der Waals surface area contributed by atoms with Gasteiger partial charge >= 0.3 is 0 Å². The van der Waals surface area contributed by atoms with Gasteiger partial charge in [-0.2, -0.15) is 0 Å². The first-order chi connectivity index (χ1) is 9.63. The van der Waals surface area contributed by atoms with Gasteiger partial charge in [-0.25, -0.2) is 0 Å². The lowest BCUT2D eigenvalue weighted by Gasteiger charge is -2.32. The first kappa shape index (κ1) is 13.4. The highest BCUT2D eigenvalue weighted by molar-refractivity contribution is 5.40. The minimum absolute atomic E-state index is 0.260. The van der Waals surface area contributed by atoms with Gasteiger partial charge in [-0.1, -0.05) is 42.5 Å². The summed E-state index contributed by atoms with van der Waals surface area (Å²) in [6.07, 6.45) is 3.29. The molecule has 0 amide bonds. The van der Waals surface area contributed by atoms with Crippen molar-refractivity contribution in [1.29, 1.82) is 0 Å². The van der Waals surface area contributed by atoms with Crippen molar-refractivity contribution < 1.29 is 0 Å². The Hall–Kier alpha value is -1.60. The van der Waals surface area contributed by atoms with Crippen LogP contribution in [0.5, 0.6) is 0 Å². The Balaban J connectivity index is 1.61. The second-order valence-electron chi connectivity index (χ2n) is 6.22. The molecule has 0 spiro atoms. The number of hydrogen-bond donors (Lipinski definition) is 1. The smallest absolute Gasteiger partial charge is 0.00852 e. The number of aryl methyl sites for hydroxylation is 2. The fourth-order valence-electron chi connectivity index (χ4n) is 3.26. The van der Waals surface area contributed by atoms with Gasteiger partial charge in [-0.15, -0.1) is 0 Å². The van der Waals surface area contributed by atoms with Gasteiger partial charge in [0.1, 0.15) is 0 Å². The van der Waals surface area contributed by atoms with Crippen molar-refractivity contribution in [1.82, 2.24) is 0 Å². The van der Waals surface area contributed by atoms with E-state index in [4.69, 9.17) is 5.73 Å². The molecule has 3 rings (SSSR count). The Labute approximate surface area is 121 Å². The van der Waals surface area contributed by atoms with Crippen molar-refractivity contribution in [3.05, 3.63) is 70.3 Å². The molecular formula is C19H23N. The van der Waals surface area contributed by atoms with E-state index >= 15 is 0 Å². The van der Waals surface area contributed by atoms with Gasteiger partial charge in [-0.3, -0.25) is 0 Å². The fourth-order valence-corrected chi connectivity index (χ4v) is 3.26. The van der Waals surface area contributed by atoms with Crippen molar-refractivity contribution >= 4 is 0 Å². The summed E-state index contributed by atoms with van der Waals surface area (Å²) in [7, 11) is 0. The van der Waals surface area contributed by atoms with Crippen molar-refractivity contribution in [2.45, 2.75) is 45.1 Å². The summed E-state index contributed by atoms with van der Waals surface area (Å²) in [5.74, 6) is 0.674. The predicted molar refractivity (Wildman–Crippen MR) is 85.1 cm³/mol. The molecule has 2 atom stereocenters. The lowest BCUT2D eigenvalue weighted by Crippen LogP contribution is -2.29. The molecule has 1 nitrogen and oxygen atoms in total. The first-order valence-corrected chi connectivity index (χ1v) is 7.53. The third kappa shape index (κ3) is 2.64. The van der Waals surface area contributed by atoms with Gasteiger partial charge in [0.25, 0.3) is 0 Å². The van der Waals surface area contributed by atoms with Gasteiger partial charge in [0.2, 0.25) is 0 Å². The van der Waals surface area contributed by atoms with Crippen LogP contribution in [-0.4, -0.2) is 6.04 Å². The van der Waals surface area contributed by atoms with E-state index in [1.165, 1.54) is 34.2 Å². The average molecular weight is 265 g/mol. The van der Waals surface area contributed by atoms with Crippen LogP contribution in [0.2, 0.25) is 0 Å². The Morgan fingerprint density at radius 1 is 1.10 bits per heavy atom. The molecule has 0 saturated carbocycles. The molecule has 1 aliphatic rings. The molecule has 2 unspecified atom stereocenters. The van der Waals surface area contributed by atoms with Crippen LogP contribution in [-0.2, 0) is 12.8 Å². The van der Waals surface area contributed by atoms with E-state index in [0.29, 0.717) is 5.92 Å². The summed E-state index contributed by atoms with van der Waals surface area (Å²) < 4.78 is 0. The lowest BCUT2D eigenvalue weighted by atomic mass is 9.74. The highest BCUT2D eigenvalue weighted by Gasteiger charge is 2.26. The van der Waals surface area contributed by atoms with Crippen molar-refractivity contribution in [3.63, 3.8) is 0 Å². The maximum atomic E-state index is 6.36. The van der Waals surface area contributed by atoms with Crippen LogP contribution >= 0.6 is 0 Å². The SMILES string of the molecule is Cc1ccc(CC(N)CC2Cc3ccccc32)cc1C. The molecule has 20 heavy (non-hydrogen) atoms. The van der Waals surface area contributed by atoms with Crippen LogP contribution in [0.3, 0.4) is 0 Å². The van der Waals surface area contributed by atoms with Crippen LogP contribution in [0.15, 0.2) is 42.5 Å². The Kier molecular flexibility index (Phi) is 3.62. The van der Waals surface area contributed by atoms with E-state index in [-0.39, 0.29) is 6.04 Å². The number of rotatable bonds is 4. The number of benzene rings is 2. The molecule has 2 aromatic rings. The predicted octanol–water partition coefficient (Wildman–Crippen LogP) is 3.90. The van der Waals surface area contributed by atoms with E-state index in [1.54, 1.807) is 0 Å². The van der Waals surface area contributed by atoms with Gasteiger partial charge < -0.3 is 5.73 Å². The van der Waals surface area contributed by atoms with E-state index in [9.17, 15) is 0 Å². The molecule has 0 bridgehead atoms. The Bertz CT molecular complexity index is 615. The summed E-state index contributed by atoms with van der Waals surface area (Å²) in [4.78, 5) is 0. The summed E-state index contributed by atoms with van der Waals surface area (Å²) in [5, 5.41) is 0. The molecule has 0 aromatic heterocycles. The van der Waals surface area contributed by atoms with Crippen LogP contribution in [0.25, 0.3) is 0 Å². The minimum Gasteiger partial charge on any atom is -0.327 e. The molecule has 0 saturated heterocycles. The molecular weight excluding hydrogens is 242 g/mol. The van der Waals surface area contributed by atoms with Gasteiger partial charge in [0, 0.05) is 6.04 Å². The zero-order chi connectivity index (χ0) is 14.1. The van der Waals surface area contributed by atoms with E-state index < -0.39 is 0 Å². The third-order valence-corrected chi connectivity index (χ3v) is 4.62. The minimum atomic E-state index is 0.260. The standard InChI is InChI=1S/C19H23N/c1-13-7-8-15(9-14(13)2)10-18(20)12-17-11-16-5-3-4-6-19(16)17/h3-9,17-18H,10-12,20H2,1-2H3. The van der Waals surface area contributed by atoms with Crippen LogP contribution in [0.4, 0.5) is 0 Å². The highest BCUT2D eigenvalue weighted by atomic mass is 14.6. The maximum absolute atomic E-state index is 6.36. The van der Waals surface area contributed by atoms with Gasteiger partial charge in [0.15, 0.2) is 0 Å². The van der Waals surface area contributed by atoms with Gasteiger partial charge in [-0.05, 0) is 66.8 Å². The number of hydrogen-bond acceptors (Lipinski definition) is 1. The molecule has 0 heterocycles. The highest BCUT2D eigenvalue weighted by Crippen LogP contribution is 2.38. The van der Waals surface area contributed by atoms with Gasteiger partial charge in [0.05, 0.1) is 0 Å². The zero-order valence-electron chi connectivity index (χ0n) is 12.4. The summed E-state index contributed by atoms with van der Waals surface area (Å²) in [5.41, 5.74) is 13.5. The molecule has 2 aromatic carbocycles. The second-order valence-corrected chi connectivity index (χ2v) is 6.22. The van der Waals surface area contributed by atoms with Crippen LogP contribution in [0.1, 0.15) is 40.2 Å². The second kappa shape index (κ2) is 5.41. The maximum Gasteiger partial charge on any atom is 0.00852 e. The summed E-state index contributed by atoms with van der Waals surface area (Å²) in [6.45, 7) is 4.33. The third-order valence-electron chi connectivity index (χ3n) is 4.62. The normalized spacial score (nSPS) is 18.2. The molecule has 0 fully saturated rings. The summed E-state index contributed by atoms with van der Waals surface area (Å²) >= 11 is 0. The quantitative estimate of drug-likeness (QED) is 0.891. The number of fused-ring (bicyclic) bond motifs is 1. The lowest BCUT2D eigenvalue weighted by molar-refractivity contribution is 0.484. The van der Waals surface area contributed by atoms with Crippen molar-refractivity contribution in [3.8, 4) is 0 Å². The largest absolute Gasteiger partial charge is 0.327 e. The van der Waals surface area contributed by atoms with Crippen LogP contribution in [0, 0.1) is 13.8 Å². The molecule has 1 aliphatic carbocycles. The summed E-state index contributed by atoms with van der Waals surface area (Å²) in [6, 6.07) is 15.7. The molecule has 2 N–H and O–H groups in total. The molecule has 0 radical (unpaired) electrons. The Morgan fingerprint density at radius 2 is 1.90 bits per heavy atom. The van der Waals surface area contributed by atoms with Crippen molar-refractivity contribution in [2.24, 2.45) is 5.73 Å². The van der Waals surface area contributed by atoms with E-state index in [0.717, 1.165) is 12.8 Å². The molecule has 1 heteroatoms. The fraction of sp³-hybridized carbons (Fsp3) is 0.368.